The monoisotopic (exact) mass is 712 g/mol. The molecule has 0 saturated heterocycles. The Labute approximate surface area is 310 Å². The molecule has 0 spiro atoms. The van der Waals surface area contributed by atoms with E-state index < -0.39 is 6.04 Å². The molecule has 0 unspecified atom stereocenters. The zero-order valence-electron chi connectivity index (χ0n) is 28.4. The number of pyridine rings is 3. The SMILES string of the molecule is S=P(c1ccccc1)(c1ccccc1)c1ccc2c(c1)c1ccc3ccccc3c1c1nc3ccc(-c4cc5cccnc5c5ncccc45)cc3n21. The number of nitrogens with zero attached hydrogens (tertiary/aromatic N) is 4. The minimum atomic E-state index is -2.39. The lowest BCUT2D eigenvalue weighted by Gasteiger charge is -2.25. The minimum Gasteiger partial charge on any atom is -0.292 e. The van der Waals surface area contributed by atoms with E-state index in [0.717, 1.165) is 65.9 Å². The van der Waals surface area contributed by atoms with Crippen molar-refractivity contribution < 1.29 is 0 Å². The van der Waals surface area contributed by atoms with E-state index in [4.69, 9.17) is 26.8 Å². The molecule has 0 radical (unpaired) electrons. The standard InChI is InChI=1S/C47H29N4PS/c53-52(33-13-3-1-4-14-33,34-15-5-2-6-16-34)35-21-24-42-40(29-35)37-22-19-30-11-7-8-17-36(30)44(37)47-50-41-23-20-31(28-43(41)51(42)47)39-27-32-12-9-25-48-45(32)46-38(39)18-10-26-49-46/h1-29H. The molecule has 248 valence electrons. The molecule has 11 aromatic rings. The van der Waals surface area contributed by atoms with E-state index in [2.05, 4.69) is 156 Å². The first-order valence-corrected chi connectivity index (χ1v) is 20.5. The van der Waals surface area contributed by atoms with E-state index in [1.54, 1.807) is 0 Å². The van der Waals surface area contributed by atoms with Crippen LogP contribution in [0.4, 0.5) is 0 Å². The van der Waals surface area contributed by atoms with Gasteiger partial charge in [-0.1, -0.05) is 133 Å². The molecule has 0 fully saturated rings. The maximum absolute atomic E-state index is 6.85. The van der Waals surface area contributed by atoms with Crippen molar-refractivity contribution in [3.8, 4) is 11.1 Å². The Morgan fingerprint density at radius 3 is 1.98 bits per heavy atom. The van der Waals surface area contributed by atoms with Crippen molar-refractivity contribution in [2.45, 2.75) is 0 Å². The number of hydrogen-bond acceptors (Lipinski definition) is 4. The van der Waals surface area contributed by atoms with Gasteiger partial charge in [0.15, 0.2) is 0 Å². The van der Waals surface area contributed by atoms with Gasteiger partial charge >= 0.3 is 0 Å². The van der Waals surface area contributed by atoms with Crippen LogP contribution >= 0.6 is 6.04 Å². The van der Waals surface area contributed by atoms with E-state index in [0.29, 0.717) is 0 Å². The van der Waals surface area contributed by atoms with Crippen LogP contribution in [0, 0.1) is 0 Å². The third-order valence-corrected chi connectivity index (χ3v) is 15.6. The predicted octanol–water partition coefficient (Wildman–Crippen LogP) is 10.5. The summed E-state index contributed by atoms with van der Waals surface area (Å²) in [6, 6.07) is 56.1. The van der Waals surface area contributed by atoms with Crippen molar-refractivity contribution in [3.63, 3.8) is 0 Å². The Bertz CT molecular complexity index is 3280. The average molecular weight is 713 g/mol. The van der Waals surface area contributed by atoms with E-state index >= 15 is 0 Å². The molecule has 0 atom stereocenters. The van der Waals surface area contributed by atoms with Crippen LogP contribution in [0.2, 0.25) is 0 Å². The second kappa shape index (κ2) is 11.6. The van der Waals surface area contributed by atoms with Gasteiger partial charge < -0.3 is 0 Å². The quantitative estimate of drug-likeness (QED) is 0.135. The second-order valence-corrected chi connectivity index (χ2v) is 18.0. The van der Waals surface area contributed by atoms with Crippen molar-refractivity contribution in [3.05, 3.63) is 176 Å². The highest BCUT2D eigenvalue weighted by Crippen LogP contribution is 2.45. The summed E-state index contributed by atoms with van der Waals surface area (Å²) in [6.45, 7) is 0. The molecular formula is C47H29N4PS. The Kier molecular flexibility index (Phi) is 6.66. The molecule has 11 rings (SSSR count). The first-order valence-electron chi connectivity index (χ1n) is 17.7. The van der Waals surface area contributed by atoms with Gasteiger partial charge in [0.2, 0.25) is 0 Å². The first-order chi connectivity index (χ1) is 26.2. The number of benzene rings is 7. The highest BCUT2D eigenvalue weighted by Gasteiger charge is 2.26. The van der Waals surface area contributed by atoms with Crippen molar-refractivity contribution in [1.29, 1.82) is 0 Å². The largest absolute Gasteiger partial charge is 0.292 e. The third kappa shape index (κ3) is 4.48. The van der Waals surface area contributed by atoms with Crippen LogP contribution in [0.25, 0.3) is 82.1 Å². The summed E-state index contributed by atoms with van der Waals surface area (Å²) in [7, 11) is 0. The van der Waals surface area contributed by atoms with E-state index in [1.165, 1.54) is 32.1 Å². The van der Waals surface area contributed by atoms with Crippen LogP contribution < -0.4 is 15.9 Å². The number of imidazole rings is 1. The summed E-state index contributed by atoms with van der Waals surface area (Å²) in [5, 5.41) is 11.5. The van der Waals surface area contributed by atoms with Crippen molar-refractivity contribution in [2.75, 3.05) is 0 Å². The highest BCUT2D eigenvalue weighted by atomic mass is 32.4. The predicted molar refractivity (Wildman–Crippen MR) is 227 cm³/mol. The maximum atomic E-state index is 6.85. The van der Waals surface area contributed by atoms with Gasteiger partial charge in [-0.05, 0) is 85.7 Å². The second-order valence-electron chi connectivity index (χ2n) is 13.6. The van der Waals surface area contributed by atoms with Gasteiger partial charge in [-0.25, -0.2) is 4.98 Å². The molecule has 4 heterocycles. The Morgan fingerprint density at radius 2 is 1.17 bits per heavy atom. The molecule has 0 aliphatic rings. The fraction of sp³-hybridized carbons (Fsp3) is 0. The number of rotatable bonds is 4. The van der Waals surface area contributed by atoms with Gasteiger partial charge in [0, 0.05) is 40.0 Å². The fourth-order valence-corrected chi connectivity index (χ4v) is 12.0. The molecule has 53 heavy (non-hydrogen) atoms. The fourth-order valence-electron chi connectivity index (χ4n) is 8.26. The molecule has 4 aromatic heterocycles. The lowest BCUT2D eigenvalue weighted by Crippen LogP contribution is -2.24. The normalized spacial score (nSPS) is 12.2. The van der Waals surface area contributed by atoms with Gasteiger partial charge in [0.1, 0.15) is 5.65 Å². The number of hydrogen-bond donors (Lipinski definition) is 0. The molecule has 7 aromatic carbocycles. The summed E-state index contributed by atoms with van der Waals surface area (Å²) in [6.07, 6.45) is 3.68. The molecular weight excluding hydrogens is 684 g/mol. The number of aromatic nitrogens is 4. The van der Waals surface area contributed by atoms with Gasteiger partial charge in [-0.15, -0.1) is 0 Å². The molecule has 0 amide bonds. The summed E-state index contributed by atoms with van der Waals surface area (Å²) in [5.74, 6) is 0. The van der Waals surface area contributed by atoms with Gasteiger partial charge in [-0.3, -0.25) is 14.4 Å². The summed E-state index contributed by atoms with van der Waals surface area (Å²) in [5.41, 5.74) is 8.09. The lowest BCUT2D eigenvalue weighted by molar-refractivity contribution is 1.32. The average Bonchev–Trinajstić information content (AvgIpc) is 3.62. The lowest BCUT2D eigenvalue weighted by atomic mass is 9.97. The van der Waals surface area contributed by atoms with Gasteiger partial charge in [0.25, 0.3) is 0 Å². The first kappa shape index (κ1) is 30.4. The van der Waals surface area contributed by atoms with Crippen LogP contribution in [-0.4, -0.2) is 19.4 Å². The Morgan fingerprint density at radius 1 is 0.472 bits per heavy atom. The smallest absolute Gasteiger partial charge is 0.147 e. The summed E-state index contributed by atoms with van der Waals surface area (Å²) >= 11 is 6.85. The molecule has 0 N–H and O–H groups in total. The summed E-state index contributed by atoms with van der Waals surface area (Å²) < 4.78 is 2.37. The van der Waals surface area contributed by atoms with Crippen LogP contribution in [0.3, 0.4) is 0 Å². The topological polar surface area (TPSA) is 43.1 Å². The van der Waals surface area contributed by atoms with Crippen LogP contribution in [-0.2, 0) is 11.8 Å². The molecule has 0 aliphatic heterocycles. The highest BCUT2D eigenvalue weighted by molar-refractivity contribution is 8.25. The zero-order valence-corrected chi connectivity index (χ0v) is 30.1. The number of fused-ring (bicyclic) bond motifs is 13. The van der Waals surface area contributed by atoms with E-state index in [1.807, 2.05) is 24.5 Å². The Hall–Kier alpha value is -6.26. The maximum Gasteiger partial charge on any atom is 0.147 e. The summed E-state index contributed by atoms with van der Waals surface area (Å²) in [4.78, 5) is 14.9. The van der Waals surface area contributed by atoms with Gasteiger partial charge in [0.05, 0.1) is 27.6 Å². The van der Waals surface area contributed by atoms with Gasteiger partial charge in [-0.2, -0.15) is 0 Å². The van der Waals surface area contributed by atoms with Crippen LogP contribution in [0.5, 0.6) is 0 Å². The molecule has 4 nitrogen and oxygen atoms in total. The van der Waals surface area contributed by atoms with Crippen LogP contribution in [0.1, 0.15) is 0 Å². The van der Waals surface area contributed by atoms with E-state index in [9.17, 15) is 0 Å². The van der Waals surface area contributed by atoms with Crippen molar-refractivity contribution in [2.24, 2.45) is 0 Å². The third-order valence-electron chi connectivity index (χ3n) is 10.7. The molecule has 0 saturated carbocycles. The van der Waals surface area contributed by atoms with E-state index in [-0.39, 0.29) is 0 Å². The zero-order chi connectivity index (χ0) is 35.1. The van der Waals surface area contributed by atoms with Crippen molar-refractivity contribution in [1.82, 2.24) is 19.4 Å². The molecule has 0 bridgehead atoms. The molecule has 6 heteroatoms. The van der Waals surface area contributed by atoms with Crippen molar-refractivity contribution >= 4 is 105 Å². The van der Waals surface area contributed by atoms with Crippen LogP contribution in [0.15, 0.2) is 176 Å². The minimum absolute atomic E-state index is 0.904. The molecule has 0 aliphatic carbocycles. The Balaban J connectivity index is 1.26.